The fraction of sp³-hybridized carbons (Fsp3) is 0.280. The standard InChI is InChI=1S/C25H27N7OS/c1-31-19(16-32-12-10-26-11-13-32)17-34-25(31)28-14-18-6-2-3-7-20(18)30-24(33)23-15-27-21-8-4-5-9-22(21)29-23/h2-9,15,17,26H,10-14,16H2,1H3,(H,30,33). The van der Waals surface area contributed by atoms with Crippen LogP contribution in [0.2, 0.25) is 0 Å². The minimum atomic E-state index is -0.286. The summed E-state index contributed by atoms with van der Waals surface area (Å²) in [4.78, 5) is 29.9. The van der Waals surface area contributed by atoms with Crippen LogP contribution < -0.4 is 15.4 Å². The van der Waals surface area contributed by atoms with Crippen molar-refractivity contribution < 1.29 is 4.79 Å². The summed E-state index contributed by atoms with van der Waals surface area (Å²) in [5.41, 5.74) is 4.68. The van der Waals surface area contributed by atoms with Gasteiger partial charge in [0.1, 0.15) is 5.69 Å². The van der Waals surface area contributed by atoms with Crippen molar-refractivity contribution in [3.8, 4) is 0 Å². The molecule has 0 aliphatic carbocycles. The second kappa shape index (κ2) is 10.3. The van der Waals surface area contributed by atoms with Crippen molar-refractivity contribution in [2.75, 3.05) is 31.5 Å². The third kappa shape index (κ3) is 5.06. The van der Waals surface area contributed by atoms with E-state index in [1.165, 1.54) is 11.9 Å². The van der Waals surface area contributed by atoms with Crippen molar-refractivity contribution in [1.82, 2.24) is 24.8 Å². The van der Waals surface area contributed by atoms with E-state index in [1.54, 1.807) is 11.3 Å². The maximum atomic E-state index is 12.9. The van der Waals surface area contributed by atoms with Gasteiger partial charge in [-0.05, 0) is 23.8 Å². The van der Waals surface area contributed by atoms with Gasteiger partial charge in [-0.3, -0.25) is 19.7 Å². The van der Waals surface area contributed by atoms with Crippen molar-refractivity contribution in [3.63, 3.8) is 0 Å². The lowest BCUT2D eigenvalue weighted by Crippen LogP contribution is -2.43. The lowest BCUT2D eigenvalue weighted by Gasteiger charge is -2.27. The van der Waals surface area contributed by atoms with Crippen LogP contribution in [-0.2, 0) is 20.1 Å². The molecule has 2 aromatic heterocycles. The number of piperazine rings is 1. The highest BCUT2D eigenvalue weighted by Gasteiger charge is 2.13. The molecule has 3 heterocycles. The van der Waals surface area contributed by atoms with Gasteiger partial charge < -0.3 is 15.2 Å². The Bertz CT molecular complexity index is 1370. The van der Waals surface area contributed by atoms with Crippen LogP contribution >= 0.6 is 11.3 Å². The number of fused-ring (bicyclic) bond motifs is 1. The summed E-state index contributed by atoms with van der Waals surface area (Å²) < 4.78 is 2.17. The molecule has 1 fully saturated rings. The Labute approximate surface area is 202 Å². The number of para-hydroxylation sites is 3. The monoisotopic (exact) mass is 473 g/mol. The Morgan fingerprint density at radius 2 is 1.88 bits per heavy atom. The predicted octanol–water partition coefficient (Wildman–Crippen LogP) is 2.79. The van der Waals surface area contributed by atoms with Crippen LogP contribution in [0.25, 0.3) is 11.0 Å². The molecule has 4 aromatic rings. The van der Waals surface area contributed by atoms with Crippen molar-refractivity contribution >= 4 is 34.0 Å². The number of aromatic nitrogens is 3. The molecule has 1 aliphatic rings. The molecule has 0 unspecified atom stereocenters. The maximum absolute atomic E-state index is 12.9. The molecule has 8 nitrogen and oxygen atoms in total. The van der Waals surface area contributed by atoms with E-state index in [2.05, 4.69) is 42.5 Å². The molecule has 1 aliphatic heterocycles. The molecule has 2 N–H and O–H groups in total. The van der Waals surface area contributed by atoms with Gasteiger partial charge >= 0.3 is 0 Å². The normalized spacial score (nSPS) is 15.0. The summed E-state index contributed by atoms with van der Waals surface area (Å²) in [6, 6.07) is 15.3. The number of amides is 1. The number of carbonyl (C=O) groups is 1. The highest BCUT2D eigenvalue weighted by Crippen LogP contribution is 2.18. The average molecular weight is 474 g/mol. The van der Waals surface area contributed by atoms with Crippen LogP contribution in [-0.4, -0.2) is 51.5 Å². The van der Waals surface area contributed by atoms with Crippen molar-refractivity contribution in [3.05, 3.63) is 81.9 Å². The SMILES string of the molecule is Cn1c(CN2CCNCC2)csc1=NCc1ccccc1NC(=O)c1cnc2ccccc2n1. The van der Waals surface area contributed by atoms with Crippen molar-refractivity contribution in [2.45, 2.75) is 13.1 Å². The quantitative estimate of drug-likeness (QED) is 0.450. The smallest absolute Gasteiger partial charge is 0.275 e. The molecule has 9 heteroatoms. The largest absolute Gasteiger partial charge is 0.323 e. The summed E-state index contributed by atoms with van der Waals surface area (Å²) in [6.45, 7) is 5.62. The second-order valence-corrected chi connectivity index (χ2v) is 9.10. The topological polar surface area (TPSA) is 87.4 Å². The zero-order valence-electron chi connectivity index (χ0n) is 19.1. The number of hydrogen-bond acceptors (Lipinski definition) is 7. The number of nitrogens with one attached hydrogen (secondary N) is 2. The number of thiazole rings is 1. The molecular formula is C25H27N7OS. The molecule has 0 saturated carbocycles. The van der Waals surface area contributed by atoms with E-state index in [1.807, 2.05) is 48.5 Å². The van der Waals surface area contributed by atoms with Crippen molar-refractivity contribution in [1.29, 1.82) is 0 Å². The lowest BCUT2D eigenvalue weighted by molar-refractivity contribution is 0.102. The molecule has 0 bridgehead atoms. The zero-order valence-corrected chi connectivity index (χ0v) is 19.9. The fourth-order valence-electron chi connectivity index (χ4n) is 3.97. The number of benzene rings is 2. The van der Waals surface area contributed by atoms with Crippen LogP contribution in [0, 0.1) is 0 Å². The van der Waals surface area contributed by atoms with E-state index >= 15 is 0 Å². The second-order valence-electron chi connectivity index (χ2n) is 8.27. The number of anilines is 1. The first-order valence-corrected chi connectivity index (χ1v) is 12.2. The van der Waals surface area contributed by atoms with E-state index < -0.39 is 0 Å². The number of rotatable bonds is 6. The molecule has 1 amide bonds. The van der Waals surface area contributed by atoms with Gasteiger partial charge in [-0.2, -0.15) is 0 Å². The third-order valence-electron chi connectivity index (χ3n) is 5.94. The highest BCUT2D eigenvalue weighted by atomic mass is 32.1. The van der Waals surface area contributed by atoms with Gasteiger partial charge in [-0.1, -0.05) is 30.3 Å². The first-order chi connectivity index (χ1) is 16.7. The summed E-state index contributed by atoms with van der Waals surface area (Å²) >= 11 is 1.65. The van der Waals surface area contributed by atoms with Crippen LogP contribution in [0.15, 0.2) is 65.1 Å². The molecule has 34 heavy (non-hydrogen) atoms. The van der Waals surface area contributed by atoms with Crippen molar-refractivity contribution in [2.24, 2.45) is 12.0 Å². The molecule has 0 radical (unpaired) electrons. The average Bonchev–Trinajstić information content (AvgIpc) is 3.22. The van der Waals surface area contributed by atoms with E-state index in [0.717, 1.165) is 54.3 Å². The minimum absolute atomic E-state index is 0.285. The predicted molar refractivity (Wildman–Crippen MR) is 135 cm³/mol. The Kier molecular flexibility index (Phi) is 6.75. The van der Waals surface area contributed by atoms with Gasteiger partial charge in [0.2, 0.25) is 0 Å². The number of hydrogen-bond donors (Lipinski definition) is 2. The molecule has 0 spiro atoms. The lowest BCUT2D eigenvalue weighted by atomic mass is 10.1. The van der Waals surface area contributed by atoms with E-state index in [4.69, 9.17) is 4.99 Å². The van der Waals surface area contributed by atoms with E-state index in [-0.39, 0.29) is 11.6 Å². The van der Waals surface area contributed by atoms with Gasteiger partial charge in [0.15, 0.2) is 4.80 Å². The molecule has 1 saturated heterocycles. The minimum Gasteiger partial charge on any atom is -0.323 e. The Hall–Kier alpha value is -3.40. The molecule has 5 rings (SSSR count). The molecule has 0 atom stereocenters. The Morgan fingerprint density at radius 1 is 1.12 bits per heavy atom. The van der Waals surface area contributed by atoms with Crippen LogP contribution in [0.5, 0.6) is 0 Å². The number of nitrogens with zero attached hydrogens (tertiary/aromatic N) is 5. The molecule has 174 valence electrons. The van der Waals surface area contributed by atoms with Gasteiger partial charge in [-0.25, -0.2) is 4.98 Å². The van der Waals surface area contributed by atoms with E-state index in [9.17, 15) is 4.79 Å². The maximum Gasteiger partial charge on any atom is 0.275 e. The highest BCUT2D eigenvalue weighted by molar-refractivity contribution is 7.07. The fourth-order valence-corrected chi connectivity index (χ4v) is 4.86. The van der Waals surface area contributed by atoms with Crippen LogP contribution in [0.1, 0.15) is 21.7 Å². The first-order valence-electron chi connectivity index (χ1n) is 11.4. The number of carbonyl (C=O) groups excluding carboxylic acids is 1. The van der Waals surface area contributed by atoms with Crippen LogP contribution in [0.3, 0.4) is 0 Å². The zero-order chi connectivity index (χ0) is 23.3. The van der Waals surface area contributed by atoms with Gasteiger partial charge in [0, 0.05) is 56.5 Å². The van der Waals surface area contributed by atoms with Gasteiger partial charge in [0.25, 0.3) is 5.91 Å². The van der Waals surface area contributed by atoms with Crippen LogP contribution in [0.4, 0.5) is 5.69 Å². The Balaban J connectivity index is 1.31. The summed E-state index contributed by atoms with van der Waals surface area (Å²) in [7, 11) is 2.07. The Morgan fingerprint density at radius 3 is 2.74 bits per heavy atom. The van der Waals surface area contributed by atoms with Gasteiger partial charge in [0.05, 0.1) is 23.8 Å². The van der Waals surface area contributed by atoms with Gasteiger partial charge in [-0.15, -0.1) is 11.3 Å². The summed E-state index contributed by atoms with van der Waals surface area (Å²) in [6.07, 6.45) is 1.51. The summed E-state index contributed by atoms with van der Waals surface area (Å²) in [5, 5.41) is 8.57. The molecule has 2 aromatic carbocycles. The molecular weight excluding hydrogens is 446 g/mol. The van der Waals surface area contributed by atoms with E-state index in [0.29, 0.717) is 12.1 Å². The summed E-state index contributed by atoms with van der Waals surface area (Å²) in [5.74, 6) is -0.286. The third-order valence-corrected chi connectivity index (χ3v) is 6.95. The first kappa shape index (κ1) is 22.4.